The number of nitrogens with one attached hydrogen (secondary N) is 1. The van der Waals surface area contributed by atoms with Crippen LogP contribution in [0.3, 0.4) is 0 Å². The fourth-order valence-electron chi connectivity index (χ4n) is 1.01. The zero-order valence-electron chi connectivity index (χ0n) is 8.32. The van der Waals surface area contributed by atoms with Gasteiger partial charge >= 0.3 is 0 Å². The van der Waals surface area contributed by atoms with Crippen LogP contribution in [0, 0.1) is 0 Å². The number of thiazole rings is 1. The van der Waals surface area contributed by atoms with Gasteiger partial charge in [0.1, 0.15) is 6.61 Å². The Morgan fingerprint density at radius 3 is 3.14 bits per heavy atom. The summed E-state index contributed by atoms with van der Waals surface area (Å²) in [5, 5.41) is 5.75. The zero-order chi connectivity index (χ0) is 10.4. The van der Waals surface area contributed by atoms with Gasteiger partial charge < -0.3 is 10.1 Å². The molecule has 0 spiro atoms. The summed E-state index contributed by atoms with van der Waals surface area (Å²) in [7, 11) is 1.50. The minimum atomic E-state index is -0.0871. The highest BCUT2D eigenvalue weighted by Crippen LogP contribution is 2.16. The van der Waals surface area contributed by atoms with Crippen molar-refractivity contribution < 1.29 is 9.53 Å². The van der Waals surface area contributed by atoms with Crippen LogP contribution in [-0.4, -0.2) is 31.2 Å². The van der Waals surface area contributed by atoms with Crippen LogP contribution in [-0.2, 0) is 9.53 Å². The summed E-state index contributed by atoms with van der Waals surface area (Å²) >= 11 is 1.60. The maximum Gasteiger partial charge on any atom is 0.246 e. The van der Waals surface area contributed by atoms with E-state index >= 15 is 0 Å². The first-order valence-electron chi connectivity index (χ1n) is 4.39. The summed E-state index contributed by atoms with van der Waals surface area (Å²) in [5.74, 6) is 0.173. The minimum absolute atomic E-state index is 0.0871. The van der Waals surface area contributed by atoms with Crippen molar-refractivity contribution in [1.82, 2.24) is 10.3 Å². The summed E-state index contributed by atoms with van der Waals surface area (Å²) in [6, 6.07) is 0. The van der Waals surface area contributed by atoms with E-state index in [4.69, 9.17) is 4.74 Å². The van der Waals surface area contributed by atoms with Crippen molar-refractivity contribution in [3.05, 3.63) is 16.6 Å². The maximum atomic E-state index is 11.1. The van der Waals surface area contributed by atoms with E-state index in [2.05, 4.69) is 10.3 Å². The van der Waals surface area contributed by atoms with Gasteiger partial charge in [-0.2, -0.15) is 0 Å². The van der Waals surface area contributed by atoms with Gasteiger partial charge in [0, 0.05) is 31.1 Å². The number of nitrogens with zero attached hydrogens (tertiary/aromatic N) is 1. The molecule has 1 aromatic rings. The van der Waals surface area contributed by atoms with E-state index in [-0.39, 0.29) is 18.4 Å². The van der Waals surface area contributed by atoms with Gasteiger partial charge in [0.15, 0.2) is 0 Å². The molecule has 0 saturated carbocycles. The number of carbonyl (C=O) groups is 1. The number of methoxy groups -OCH3 is 1. The van der Waals surface area contributed by atoms with Crippen molar-refractivity contribution >= 4 is 17.2 Å². The number of aromatic nitrogens is 1. The van der Waals surface area contributed by atoms with Crippen LogP contribution in [0.15, 0.2) is 11.6 Å². The van der Waals surface area contributed by atoms with E-state index in [1.165, 1.54) is 7.11 Å². The van der Waals surface area contributed by atoms with Gasteiger partial charge in [-0.05, 0) is 0 Å². The molecule has 1 heterocycles. The van der Waals surface area contributed by atoms with Crippen LogP contribution in [0.2, 0.25) is 0 Å². The summed E-state index contributed by atoms with van der Waals surface area (Å²) in [5.41, 5.74) is 0. The van der Waals surface area contributed by atoms with Gasteiger partial charge in [0.2, 0.25) is 5.91 Å². The van der Waals surface area contributed by atoms with E-state index in [1.807, 2.05) is 12.3 Å². The second kappa shape index (κ2) is 5.72. The van der Waals surface area contributed by atoms with E-state index < -0.39 is 0 Å². The lowest BCUT2D eigenvalue weighted by Crippen LogP contribution is -2.30. The van der Waals surface area contributed by atoms with E-state index in [0.29, 0.717) is 6.54 Å². The molecular weight excluding hydrogens is 200 g/mol. The van der Waals surface area contributed by atoms with Crippen molar-refractivity contribution in [2.24, 2.45) is 0 Å². The first-order chi connectivity index (χ1) is 6.74. The average molecular weight is 214 g/mol. The Kier molecular flexibility index (Phi) is 4.55. The molecule has 0 bridgehead atoms. The highest BCUT2D eigenvalue weighted by molar-refractivity contribution is 7.09. The summed E-state index contributed by atoms with van der Waals surface area (Å²) in [6.45, 7) is 2.76. The molecule has 4 nitrogen and oxygen atoms in total. The van der Waals surface area contributed by atoms with Gasteiger partial charge in [-0.3, -0.25) is 4.79 Å². The molecule has 0 saturated heterocycles. The van der Waals surface area contributed by atoms with Gasteiger partial charge in [-0.1, -0.05) is 6.92 Å². The molecule has 1 atom stereocenters. The molecule has 1 N–H and O–H groups in total. The predicted octanol–water partition coefficient (Wildman–Crippen LogP) is 1.01. The third-order valence-electron chi connectivity index (χ3n) is 1.75. The molecule has 0 aliphatic carbocycles. The number of hydrogen-bond donors (Lipinski definition) is 1. The minimum Gasteiger partial charge on any atom is -0.375 e. The van der Waals surface area contributed by atoms with Gasteiger partial charge in [0.25, 0.3) is 0 Å². The third-order valence-corrected chi connectivity index (χ3v) is 2.76. The third kappa shape index (κ3) is 3.43. The molecule has 0 fully saturated rings. The first kappa shape index (κ1) is 11.1. The van der Waals surface area contributed by atoms with Crippen LogP contribution < -0.4 is 5.32 Å². The predicted molar refractivity (Wildman–Crippen MR) is 55.4 cm³/mol. The molecule has 1 aromatic heterocycles. The summed E-state index contributed by atoms with van der Waals surface area (Å²) < 4.78 is 4.70. The molecule has 0 aliphatic heterocycles. The Morgan fingerprint density at radius 1 is 1.79 bits per heavy atom. The number of carbonyl (C=O) groups excluding carboxylic acids is 1. The molecule has 1 amide bonds. The number of amides is 1. The normalized spacial score (nSPS) is 12.4. The molecule has 14 heavy (non-hydrogen) atoms. The Bertz CT molecular complexity index is 274. The first-order valence-corrected chi connectivity index (χ1v) is 5.27. The van der Waals surface area contributed by atoms with Gasteiger partial charge in [0.05, 0.1) is 5.01 Å². The van der Waals surface area contributed by atoms with Crippen molar-refractivity contribution in [3.63, 3.8) is 0 Å². The standard InChI is InChI=1S/C9H14N2O2S/c1-7(9-10-3-4-14-9)5-11-8(12)6-13-2/h3-4,7H,5-6H2,1-2H3,(H,11,12). The molecule has 0 radical (unpaired) electrons. The molecule has 0 aliphatic rings. The van der Waals surface area contributed by atoms with Crippen molar-refractivity contribution in [1.29, 1.82) is 0 Å². The van der Waals surface area contributed by atoms with Gasteiger partial charge in [-0.15, -0.1) is 11.3 Å². The lowest BCUT2D eigenvalue weighted by Gasteiger charge is -2.09. The molecule has 1 unspecified atom stereocenters. The summed E-state index contributed by atoms with van der Waals surface area (Å²) in [6.07, 6.45) is 1.77. The van der Waals surface area contributed by atoms with Crippen molar-refractivity contribution in [2.45, 2.75) is 12.8 Å². The largest absolute Gasteiger partial charge is 0.375 e. The second-order valence-electron chi connectivity index (χ2n) is 3.01. The summed E-state index contributed by atoms with van der Waals surface area (Å²) in [4.78, 5) is 15.2. The molecular formula is C9H14N2O2S. The SMILES string of the molecule is COCC(=O)NCC(C)c1nccs1. The van der Waals surface area contributed by atoms with Crippen LogP contribution in [0.5, 0.6) is 0 Å². The molecule has 1 rings (SSSR count). The van der Waals surface area contributed by atoms with Gasteiger partial charge in [-0.25, -0.2) is 4.98 Å². The van der Waals surface area contributed by atoms with E-state index in [0.717, 1.165) is 5.01 Å². The van der Waals surface area contributed by atoms with Crippen LogP contribution in [0.4, 0.5) is 0 Å². The number of ether oxygens (including phenoxy) is 1. The topological polar surface area (TPSA) is 51.2 Å². The Hall–Kier alpha value is -0.940. The quantitative estimate of drug-likeness (QED) is 0.796. The second-order valence-corrected chi connectivity index (χ2v) is 3.93. The number of hydrogen-bond acceptors (Lipinski definition) is 4. The smallest absolute Gasteiger partial charge is 0.246 e. The van der Waals surface area contributed by atoms with E-state index in [1.54, 1.807) is 17.5 Å². The maximum absolute atomic E-state index is 11.1. The fourth-order valence-corrected chi connectivity index (χ4v) is 1.71. The van der Waals surface area contributed by atoms with Crippen LogP contribution in [0.1, 0.15) is 17.8 Å². The molecule has 78 valence electrons. The van der Waals surface area contributed by atoms with Crippen LogP contribution in [0.25, 0.3) is 0 Å². The number of rotatable bonds is 5. The monoisotopic (exact) mass is 214 g/mol. The highest BCUT2D eigenvalue weighted by atomic mass is 32.1. The van der Waals surface area contributed by atoms with Crippen molar-refractivity contribution in [2.75, 3.05) is 20.3 Å². The zero-order valence-corrected chi connectivity index (χ0v) is 9.13. The van der Waals surface area contributed by atoms with Crippen LogP contribution >= 0.6 is 11.3 Å². The van der Waals surface area contributed by atoms with E-state index in [9.17, 15) is 4.79 Å². The van der Waals surface area contributed by atoms with Crippen molar-refractivity contribution in [3.8, 4) is 0 Å². The lowest BCUT2D eigenvalue weighted by molar-refractivity contribution is -0.124. The lowest BCUT2D eigenvalue weighted by atomic mass is 10.2. The Balaban J connectivity index is 2.28. The average Bonchev–Trinajstić information content (AvgIpc) is 2.67. The molecule has 5 heteroatoms. The highest BCUT2D eigenvalue weighted by Gasteiger charge is 2.09. The Morgan fingerprint density at radius 2 is 2.57 bits per heavy atom. The fraction of sp³-hybridized carbons (Fsp3) is 0.556. The Labute approximate surface area is 87.3 Å². The molecule has 0 aromatic carbocycles.